The number of allylic oxidation sites excluding steroid dienone is 1. The predicted octanol–water partition coefficient (Wildman–Crippen LogP) is 3.09. The molecule has 0 saturated carbocycles. The van der Waals surface area contributed by atoms with E-state index in [4.69, 9.17) is 9.47 Å². The Morgan fingerprint density at radius 1 is 1.43 bits per heavy atom. The fourth-order valence-electron chi connectivity index (χ4n) is 2.94. The van der Waals surface area contributed by atoms with Crippen LogP contribution in [0.15, 0.2) is 36.0 Å². The van der Waals surface area contributed by atoms with Gasteiger partial charge in [-0.2, -0.15) is 0 Å². The first-order valence-electron chi connectivity index (χ1n) is 7.28. The normalized spacial score (nSPS) is 30.3. The lowest BCUT2D eigenvalue weighted by atomic mass is 9.84. The molecule has 4 nitrogen and oxygen atoms in total. The van der Waals surface area contributed by atoms with Crippen LogP contribution in [-0.2, 0) is 19.1 Å². The van der Waals surface area contributed by atoms with Crippen LogP contribution in [0.2, 0.25) is 0 Å². The zero-order valence-electron chi connectivity index (χ0n) is 12.7. The maximum absolute atomic E-state index is 11.8. The van der Waals surface area contributed by atoms with E-state index in [2.05, 4.69) is 19.2 Å². The zero-order chi connectivity index (χ0) is 15.6. The number of hydrogen-bond donors (Lipinski definition) is 0. The highest BCUT2D eigenvalue weighted by Crippen LogP contribution is 2.37. The maximum atomic E-state index is 11.8. The summed E-state index contributed by atoms with van der Waals surface area (Å²) in [5.41, 5.74) is 2.55. The molecular weight excluding hydrogens is 268 g/mol. The van der Waals surface area contributed by atoms with Gasteiger partial charge in [0.15, 0.2) is 0 Å². The molecule has 0 aromatic carbocycles. The van der Waals surface area contributed by atoms with Crippen LogP contribution in [0.4, 0.5) is 0 Å². The quantitative estimate of drug-likeness (QED) is 0.423. The Bertz CT molecular complexity index is 515. The van der Waals surface area contributed by atoms with E-state index >= 15 is 0 Å². The van der Waals surface area contributed by atoms with E-state index in [1.807, 2.05) is 6.92 Å². The van der Waals surface area contributed by atoms with Gasteiger partial charge in [-0.25, -0.2) is 4.79 Å². The van der Waals surface area contributed by atoms with Crippen LogP contribution in [-0.4, -0.2) is 24.1 Å². The summed E-state index contributed by atoms with van der Waals surface area (Å²) in [7, 11) is 0. The molecule has 0 aromatic heterocycles. The third kappa shape index (κ3) is 3.63. The van der Waals surface area contributed by atoms with Gasteiger partial charge in [-0.15, -0.1) is 0 Å². The second-order valence-corrected chi connectivity index (χ2v) is 5.86. The lowest BCUT2D eigenvalue weighted by molar-refractivity contribution is -0.146. The molecule has 1 aliphatic heterocycles. The largest absolute Gasteiger partial charge is 0.458 e. The summed E-state index contributed by atoms with van der Waals surface area (Å²) in [4.78, 5) is 23.1. The SMILES string of the molecule is C=C1CCC=C(C)CC2OC(=O)C(=C)C2CC1OC(C)=O. The van der Waals surface area contributed by atoms with Crippen LogP contribution in [0.25, 0.3) is 0 Å². The number of ether oxygens (including phenoxy) is 2. The number of carbonyl (C=O) groups is 2. The van der Waals surface area contributed by atoms with Crippen molar-refractivity contribution in [2.75, 3.05) is 0 Å². The van der Waals surface area contributed by atoms with Crippen molar-refractivity contribution in [2.24, 2.45) is 5.92 Å². The van der Waals surface area contributed by atoms with E-state index in [-0.39, 0.29) is 30.1 Å². The Labute approximate surface area is 125 Å². The zero-order valence-corrected chi connectivity index (χ0v) is 12.7. The van der Waals surface area contributed by atoms with Crippen LogP contribution >= 0.6 is 0 Å². The highest BCUT2D eigenvalue weighted by atomic mass is 16.6. The van der Waals surface area contributed by atoms with Crippen LogP contribution < -0.4 is 0 Å². The lowest BCUT2D eigenvalue weighted by Crippen LogP contribution is -2.27. The number of esters is 2. The van der Waals surface area contributed by atoms with E-state index in [9.17, 15) is 9.59 Å². The van der Waals surface area contributed by atoms with Gasteiger partial charge in [-0.05, 0) is 31.8 Å². The van der Waals surface area contributed by atoms with Gasteiger partial charge in [0, 0.05) is 24.8 Å². The van der Waals surface area contributed by atoms with Crippen molar-refractivity contribution in [3.63, 3.8) is 0 Å². The second-order valence-electron chi connectivity index (χ2n) is 5.86. The fraction of sp³-hybridized carbons (Fsp3) is 0.529. The Hall–Kier alpha value is -1.84. The molecule has 1 aliphatic carbocycles. The number of hydrogen-bond acceptors (Lipinski definition) is 4. The van der Waals surface area contributed by atoms with Crippen molar-refractivity contribution in [1.29, 1.82) is 0 Å². The minimum atomic E-state index is -0.381. The van der Waals surface area contributed by atoms with E-state index in [1.54, 1.807) is 0 Å². The Balaban J connectivity index is 2.27. The van der Waals surface area contributed by atoms with Crippen molar-refractivity contribution in [1.82, 2.24) is 0 Å². The van der Waals surface area contributed by atoms with Crippen molar-refractivity contribution in [3.8, 4) is 0 Å². The van der Waals surface area contributed by atoms with Gasteiger partial charge in [0.2, 0.25) is 0 Å². The fourth-order valence-corrected chi connectivity index (χ4v) is 2.94. The molecule has 0 N–H and O–H groups in total. The highest BCUT2D eigenvalue weighted by Gasteiger charge is 2.40. The van der Waals surface area contributed by atoms with Gasteiger partial charge < -0.3 is 9.47 Å². The van der Waals surface area contributed by atoms with Crippen molar-refractivity contribution < 1.29 is 19.1 Å². The Kier molecular flexibility index (Phi) is 4.66. The molecule has 3 atom stereocenters. The third-order valence-corrected chi connectivity index (χ3v) is 4.13. The number of carbonyl (C=O) groups excluding carboxylic acids is 2. The molecule has 2 rings (SSSR count). The molecule has 21 heavy (non-hydrogen) atoms. The summed E-state index contributed by atoms with van der Waals surface area (Å²) >= 11 is 0. The van der Waals surface area contributed by atoms with E-state index < -0.39 is 0 Å². The lowest BCUT2D eigenvalue weighted by Gasteiger charge is -2.26. The molecule has 0 amide bonds. The van der Waals surface area contributed by atoms with Crippen molar-refractivity contribution in [3.05, 3.63) is 36.0 Å². The minimum absolute atomic E-state index is 0.125. The topological polar surface area (TPSA) is 52.6 Å². The predicted molar refractivity (Wildman–Crippen MR) is 79.4 cm³/mol. The second kappa shape index (κ2) is 6.29. The molecular formula is C17H22O4. The molecule has 0 radical (unpaired) electrons. The van der Waals surface area contributed by atoms with Crippen molar-refractivity contribution >= 4 is 11.9 Å². The standard InChI is InChI=1S/C17H22O4/c1-10-6-5-7-11(2)15(20-13(4)18)9-14-12(3)17(19)21-16(14)8-10/h6,14-16H,2-3,5,7-9H2,1,4H3. The average Bonchev–Trinajstić information content (AvgIpc) is 2.64. The van der Waals surface area contributed by atoms with Gasteiger partial charge in [-0.1, -0.05) is 24.8 Å². The molecule has 1 fully saturated rings. The summed E-state index contributed by atoms with van der Waals surface area (Å²) in [5.74, 6) is -0.804. The van der Waals surface area contributed by atoms with Crippen LogP contribution in [0, 0.1) is 5.92 Å². The summed E-state index contributed by atoms with van der Waals surface area (Å²) in [6, 6.07) is 0. The Morgan fingerprint density at radius 2 is 2.14 bits per heavy atom. The first kappa shape index (κ1) is 15.5. The van der Waals surface area contributed by atoms with Crippen LogP contribution in [0.3, 0.4) is 0 Å². The molecule has 1 heterocycles. The molecule has 114 valence electrons. The first-order valence-corrected chi connectivity index (χ1v) is 7.28. The average molecular weight is 290 g/mol. The van der Waals surface area contributed by atoms with Crippen molar-refractivity contribution in [2.45, 2.75) is 51.7 Å². The number of rotatable bonds is 1. The molecule has 4 heteroatoms. The first-order chi connectivity index (χ1) is 9.88. The minimum Gasteiger partial charge on any atom is -0.458 e. The maximum Gasteiger partial charge on any atom is 0.334 e. The summed E-state index contributed by atoms with van der Waals surface area (Å²) < 4.78 is 10.8. The highest BCUT2D eigenvalue weighted by molar-refractivity contribution is 5.90. The van der Waals surface area contributed by atoms with Crippen LogP contribution in [0.5, 0.6) is 0 Å². The van der Waals surface area contributed by atoms with E-state index in [1.165, 1.54) is 12.5 Å². The molecule has 0 aromatic rings. The van der Waals surface area contributed by atoms with E-state index in [0.29, 0.717) is 18.4 Å². The van der Waals surface area contributed by atoms with E-state index in [0.717, 1.165) is 18.4 Å². The van der Waals surface area contributed by atoms with Gasteiger partial charge in [0.05, 0.1) is 0 Å². The van der Waals surface area contributed by atoms with Gasteiger partial charge in [-0.3, -0.25) is 4.79 Å². The molecule has 2 aliphatic rings. The molecule has 1 saturated heterocycles. The Morgan fingerprint density at radius 3 is 2.81 bits per heavy atom. The third-order valence-electron chi connectivity index (χ3n) is 4.13. The summed E-state index contributed by atoms with van der Waals surface area (Å²) in [6.07, 6.45) is 4.38. The molecule has 0 bridgehead atoms. The smallest absolute Gasteiger partial charge is 0.334 e. The molecule has 0 spiro atoms. The number of fused-ring (bicyclic) bond motifs is 1. The van der Waals surface area contributed by atoms with Gasteiger partial charge >= 0.3 is 11.9 Å². The monoisotopic (exact) mass is 290 g/mol. The summed E-state index contributed by atoms with van der Waals surface area (Å²) in [5, 5.41) is 0. The van der Waals surface area contributed by atoms with Gasteiger partial charge in [0.1, 0.15) is 12.2 Å². The van der Waals surface area contributed by atoms with Gasteiger partial charge in [0.25, 0.3) is 0 Å². The molecule has 3 unspecified atom stereocenters. The summed E-state index contributed by atoms with van der Waals surface area (Å²) in [6.45, 7) is 11.3. The van der Waals surface area contributed by atoms with Crippen LogP contribution in [0.1, 0.15) is 39.5 Å².